The normalized spacial score (nSPS) is 17.2. The molecule has 7 nitrogen and oxygen atoms in total. The number of amides is 2. The Labute approximate surface area is 208 Å². The number of hydrogen-bond donors (Lipinski definition) is 2. The topological polar surface area (TPSA) is 73.9 Å². The van der Waals surface area contributed by atoms with E-state index in [4.69, 9.17) is 4.74 Å². The van der Waals surface area contributed by atoms with Crippen LogP contribution in [0.25, 0.3) is 0 Å². The minimum atomic E-state index is -0.230. The van der Waals surface area contributed by atoms with Crippen molar-refractivity contribution in [1.29, 1.82) is 0 Å². The number of anilines is 2. The second kappa shape index (κ2) is 12.7. The van der Waals surface area contributed by atoms with Crippen molar-refractivity contribution < 1.29 is 14.3 Å². The second-order valence-corrected chi connectivity index (χ2v) is 9.35. The molecule has 0 radical (unpaired) electrons. The van der Waals surface area contributed by atoms with Gasteiger partial charge in [-0.2, -0.15) is 0 Å². The molecule has 2 N–H and O–H groups in total. The van der Waals surface area contributed by atoms with E-state index in [-0.39, 0.29) is 17.7 Å². The molecule has 0 aliphatic carbocycles. The minimum absolute atomic E-state index is 0.0514. The van der Waals surface area contributed by atoms with Gasteiger partial charge in [0.1, 0.15) is 0 Å². The van der Waals surface area contributed by atoms with Gasteiger partial charge in [0.2, 0.25) is 5.91 Å². The summed E-state index contributed by atoms with van der Waals surface area (Å²) in [6.07, 6.45) is 3.87. The van der Waals surface area contributed by atoms with E-state index in [0.717, 1.165) is 76.5 Å². The number of nitrogens with zero attached hydrogens (tertiary/aromatic N) is 2. The number of nitrogens with one attached hydrogen (secondary N) is 2. The third-order valence-corrected chi connectivity index (χ3v) is 6.92. The molecule has 2 aromatic rings. The summed E-state index contributed by atoms with van der Waals surface area (Å²) in [4.78, 5) is 31.0. The molecule has 2 amide bonds. The fourth-order valence-corrected chi connectivity index (χ4v) is 4.94. The molecule has 0 saturated carbocycles. The molecule has 2 aliphatic rings. The van der Waals surface area contributed by atoms with Crippen LogP contribution in [0.15, 0.2) is 48.5 Å². The van der Waals surface area contributed by atoms with Gasteiger partial charge in [0.05, 0.1) is 24.7 Å². The van der Waals surface area contributed by atoms with E-state index < -0.39 is 0 Å². The Bertz CT molecular complexity index is 969. The van der Waals surface area contributed by atoms with Crippen molar-refractivity contribution in [1.82, 2.24) is 10.2 Å². The van der Waals surface area contributed by atoms with Crippen molar-refractivity contribution in [3.05, 3.63) is 59.7 Å². The molecule has 1 unspecified atom stereocenters. The monoisotopic (exact) mass is 478 g/mol. The van der Waals surface area contributed by atoms with Crippen LogP contribution in [0, 0.1) is 0 Å². The maximum atomic E-state index is 13.2. The van der Waals surface area contributed by atoms with Crippen LogP contribution in [0.3, 0.4) is 0 Å². The fraction of sp³-hybridized carbons (Fsp3) is 0.500. The van der Waals surface area contributed by atoms with Crippen molar-refractivity contribution >= 4 is 23.2 Å². The van der Waals surface area contributed by atoms with Crippen LogP contribution >= 0.6 is 0 Å². The number of morpholine rings is 1. The number of hydrogen-bond acceptors (Lipinski definition) is 5. The van der Waals surface area contributed by atoms with Crippen molar-refractivity contribution in [3.8, 4) is 0 Å². The van der Waals surface area contributed by atoms with Gasteiger partial charge < -0.3 is 20.3 Å². The smallest absolute Gasteiger partial charge is 0.253 e. The molecule has 1 atom stereocenters. The van der Waals surface area contributed by atoms with E-state index in [1.165, 1.54) is 0 Å². The highest BCUT2D eigenvalue weighted by Crippen LogP contribution is 2.29. The molecule has 4 rings (SSSR count). The number of carbonyl (C=O) groups is 2. The lowest BCUT2D eigenvalue weighted by atomic mass is 9.95. The van der Waals surface area contributed by atoms with Gasteiger partial charge in [0.25, 0.3) is 5.91 Å². The van der Waals surface area contributed by atoms with Gasteiger partial charge in [0.15, 0.2) is 0 Å². The highest BCUT2D eigenvalue weighted by molar-refractivity contribution is 6.03. The summed E-state index contributed by atoms with van der Waals surface area (Å²) < 4.78 is 5.40. The van der Waals surface area contributed by atoms with Gasteiger partial charge in [-0.3, -0.25) is 14.5 Å². The van der Waals surface area contributed by atoms with Crippen LogP contribution in [0.2, 0.25) is 0 Å². The summed E-state index contributed by atoms with van der Waals surface area (Å²) in [6.45, 7) is 8.98. The van der Waals surface area contributed by atoms with Crippen LogP contribution in [-0.4, -0.2) is 69.2 Å². The molecular weight excluding hydrogens is 440 g/mol. The second-order valence-electron chi connectivity index (χ2n) is 9.35. The Morgan fingerprint density at radius 2 is 1.74 bits per heavy atom. The van der Waals surface area contributed by atoms with E-state index in [2.05, 4.69) is 20.4 Å². The third-order valence-electron chi connectivity index (χ3n) is 6.92. The Balaban J connectivity index is 1.43. The van der Waals surface area contributed by atoms with E-state index in [1.54, 1.807) is 0 Å². The van der Waals surface area contributed by atoms with Gasteiger partial charge >= 0.3 is 0 Å². The van der Waals surface area contributed by atoms with Crippen LogP contribution in [-0.2, 0) is 9.53 Å². The first-order chi connectivity index (χ1) is 17.2. The Kier molecular flexibility index (Phi) is 9.15. The molecule has 0 aromatic heterocycles. The van der Waals surface area contributed by atoms with Crippen molar-refractivity contribution in [3.63, 3.8) is 0 Å². The predicted octanol–water partition coefficient (Wildman–Crippen LogP) is 3.87. The highest BCUT2D eigenvalue weighted by atomic mass is 16.5. The average molecular weight is 479 g/mol. The summed E-state index contributed by atoms with van der Waals surface area (Å²) in [5.74, 6) is -0.364. The maximum absolute atomic E-state index is 13.2. The molecule has 0 bridgehead atoms. The molecule has 2 aliphatic heterocycles. The van der Waals surface area contributed by atoms with Crippen molar-refractivity contribution in [2.24, 2.45) is 0 Å². The summed E-state index contributed by atoms with van der Waals surface area (Å²) in [6, 6.07) is 15.6. The summed E-state index contributed by atoms with van der Waals surface area (Å²) in [5, 5.41) is 6.17. The Hall–Kier alpha value is -2.90. The first-order valence-corrected chi connectivity index (χ1v) is 13.0. The maximum Gasteiger partial charge on any atom is 0.253 e. The lowest BCUT2D eigenvalue weighted by Gasteiger charge is -2.26. The lowest BCUT2D eigenvalue weighted by Crippen LogP contribution is -2.38. The largest absolute Gasteiger partial charge is 0.379 e. The third kappa shape index (κ3) is 6.83. The molecule has 0 spiro atoms. The molecule has 2 heterocycles. The zero-order valence-electron chi connectivity index (χ0n) is 20.8. The van der Waals surface area contributed by atoms with E-state index in [9.17, 15) is 9.59 Å². The number of rotatable bonds is 10. The zero-order chi connectivity index (χ0) is 24.5. The van der Waals surface area contributed by atoms with Crippen molar-refractivity contribution in [2.75, 3.05) is 62.7 Å². The van der Waals surface area contributed by atoms with Gasteiger partial charge in [-0.25, -0.2) is 0 Å². The minimum Gasteiger partial charge on any atom is -0.379 e. The molecule has 2 aromatic carbocycles. The van der Waals surface area contributed by atoms with Crippen molar-refractivity contribution in [2.45, 2.75) is 38.5 Å². The zero-order valence-corrected chi connectivity index (χ0v) is 20.8. The van der Waals surface area contributed by atoms with Gasteiger partial charge in [0, 0.05) is 44.1 Å². The van der Waals surface area contributed by atoms with Crippen LogP contribution < -0.4 is 15.5 Å². The first kappa shape index (κ1) is 25.2. The predicted molar refractivity (Wildman–Crippen MR) is 140 cm³/mol. The number of benzene rings is 2. The lowest BCUT2D eigenvalue weighted by molar-refractivity contribution is -0.117. The van der Waals surface area contributed by atoms with E-state index in [0.29, 0.717) is 24.2 Å². The first-order valence-electron chi connectivity index (χ1n) is 13.0. The average Bonchev–Trinajstić information content (AvgIpc) is 3.43. The fourth-order valence-electron chi connectivity index (χ4n) is 4.94. The van der Waals surface area contributed by atoms with Crippen LogP contribution in [0.4, 0.5) is 11.4 Å². The summed E-state index contributed by atoms with van der Waals surface area (Å²) in [7, 11) is 0. The molecule has 2 fully saturated rings. The van der Waals surface area contributed by atoms with E-state index in [1.807, 2.05) is 55.5 Å². The van der Waals surface area contributed by atoms with Gasteiger partial charge in [-0.05, 0) is 56.0 Å². The summed E-state index contributed by atoms with van der Waals surface area (Å²) >= 11 is 0. The van der Waals surface area contributed by atoms with Crippen LogP contribution in [0.5, 0.6) is 0 Å². The standard InChI is InChI=1S/C28H38N4O3/c1-2-24(22-9-4-3-5-10-22)28(34)30-23-11-12-26(32-15-6-7-16-32)25(21-23)27(33)29-13-8-14-31-17-19-35-20-18-31/h3-5,9-12,21,24H,2,6-8,13-20H2,1H3,(H,29,33)(H,30,34). The van der Waals surface area contributed by atoms with Gasteiger partial charge in [-0.1, -0.05) is 37.3 Å². The molecular formula is C28H38N4O3. The SMILES string of the molecule is CCC(C(=O)Nc1ccc(N2CCCC2)c(C(=O)NCCCN2CCOCC2)c1)c1ccccc1. The van der Waals surface area contributed by atoms with Crippen LogP contribution in [0.1, 0.15) is 54.4 Å². The molecule has 188 valence electrons. The molecule has 7 heteroatoms. The summed E-state index contributed by atoms with van der Waals surface area (Å²) in [5.41, 5.74) is 3.23. The van der Waals surface area contributed by atoms with E-state index >= 15 is 0 Å². The highest BCUT2D eigenvalue weighted by Gasteiger charge is 2.22. The quantitative estimate of drug-likeness (QED) is 0.507. The Morgan fingerprint density at radius 3 is 2.46 bits per heavy atom. The number of carbonyl (C=O) groups excluding carboxylic acids is 2. The molecule has 2 saturated heterocycles. The number of ether oxygens (including phenoxy) is 1. The Morgan fingerprint density at radius 1 is 1.00 bits per heavy atom. The molecule has 35 heavy (non-hydrogen) atoms. The van der Waals surface area contributed by atoms with Gasteiger partial charge in [-0.15, -0.1) is 0 Å².